The van der Waals surface area contributed by atoms with Crippen molar-refractivity contribution in [2.24, 2.45) is 0 Å². The Bertz CT molecular complexity index is 843. The SMILES string of the molecule is Nc1ccc2oc(C(=O)Nc3ccc(Cl)c(Cl)c3)cc2c1. The largest absolute Gasteiger partial charge is 0.451 e. The van der Waals surface area contributed by atoms with Gasteiger partial charge in [0.2, 0.25) is 0 Å². The second kappa shape index (κ2) is 5.31. The molecule has 1 aromatic heterocycles. The number of halogens is 2. The average Bonchev–Trinajstić information content (AvgIpc) is 2.86. The van der Waals surface area contributed by atoms with Crippen molar-refractivity contribution in [3.8, 4) is 0 Å². The molecule has 0 fully saturated rings. The summed E-state index contributed by atoms with van der Waals surface area (Å²) in [6.07, 6.45) is 0. The topological polar surface area (TPSA) is 68.3 Å². The molecule has 0 bridgehead atoms. The number of hydrogen-bond acceptors (Lipinski definition) is 3. The Morgan fingerprint density at radius 1 is 1.05 bits per heavy atom. The number of nitrogen functional groups attached to an aromatic ring is 1. The normalized spacial score (nSPS) is 10.8. The fraction of sp³-hybridized carbons (Fsp3) is 0. The van der Waals surface area contributed by atoms with Gasteiger partial charge in [0.05, 0.1) is 10.0 Å². The van der Waals surface area contributed by atoms with Crippen molar-refractivity contribution in [3.05, 3.63) is 58.3 Å². The van der Waals surface area contributed by atoms with E-state index in [9.17, 15) is 4.79 Å². The van der Waals surface area contributed by atoms with E-state index >= 15 is 0 Å². The molecule has 21 heavy (non-hydrogen) atoms. The van der Waals surface area contributed by atoms with Crippen LogP contribution in [0.3, 0.4) is 0 Å². The molecule has 0 aliphatic heterocycles. The van der Waals surface area contributed by atoms with Gasteiger partial charge in [-0.25, -0.2) is 0 Å². The third-order valence-electron chi connectivity index (χ3n) is 2.94. The third kappa shape index (κ3) is 2.82. The van der Waals surface area contributed by atoms with E-state index in [1.54, 1.807) is 42.5 Å². The van der Waals surface area contributed by atoms with Crippen LogP contribution in [0.1, 0.15) is 10.6 Å². The van der Waals surface area contributed by atoms with E-state index < -0.39 is 0 Å². The summed E-state index contributed by atoms with van der Waals surface area (Å²) in [5.41, 5.74) is 7.44. The molecular formula is C15H10Cl2N2O2. The molecule has 0 spiro atoms. The summed E-state index contributed by atoms with van der Waals surface area (Å²) < 4.78 is 5.48. The maximum absolute atomic E-state index is 12.2. The van der Waals surface area contributed by atoms with Crippen LogP contribution in [0.25, 0.3) is 11.0 Å². The van der Waals surface area contributed by atoms with Crippen LogP contribution in [0.2, 0.25) is 10.0 Å². The van der Waals surface area contributed by atoms with Crippen molar-refractivity contribution in [3.63, 3.8) is 0 Å². The Labute approximate surface area is 130 Å². The summed E-state index contributed by atoms with van der Waals surface area (Å²) in [7, 11) is 0. The van der Waals surface area contributed by atoms with E-state index in [4.69, 9.17) is 33.4 Å². The highest BCUT2D eigenvalue weighted by molar-refractivity contribution is 6.42. The van der Waals surface area contributed by atoms with Crippen LogP contribution in [-0.2, 0) is 0 Å². The molecule has 3 aromatic rings. The number of furan rings is 1. The van der Waals surface area contributed by atoms with Gasteiger partial charge in [-0.2, -0.15) is 0 Å². The lowest BCUT2D eigenvalue weighted by atomic mass is 10.2. The highest BCUT2D eigenvalue weighted by Gasteiger charge is 2.13. The molecule has 0 radical (unpaired) electrons. The number of anilines is 2. The number of rotatable bonds is 2. The van der Waals surface area contributed by atoms with Gasteiger partial charge in [0.25, 0.3) is 5.91 Å². The molecule has 3 rings (SSSR count). The first-order chi connectivity index (χ1) is 10.0. The monoisotopic (exact) mass is 320 g/mol. The lowest BCUT2D eigenvalue weighted by molar-refractivity contribution is 0.0998. The smallest absolute Gasteiger partial charge is 0.291 e. The molecule has 2 aromatic carbocycles. The van der Waals surface area contributed by atoms with Gasteiger partial charge in [-0.15, -0.1) is 0 Å². The third-order valence-corrected chi connectivity index (χ3v) is 3.68. The van der Waals surface area contributed by atoms with Gasteiger partial charge < -0.3 is 15.5 Å². The summed E-state index contributed by atoms with van der Waals surface area (Å²) in [5, 5.41) is 4.26. The summed E-state index contributed by atoms with van der Waals surface area (Å²) in [5.74, 6) is -0.176. The molecule has 0 saturated carbocycles. The zero-order chi connectivity index (χ0) is 15.0. The maximum atomic E-state index is 12.2. The van der Waals surface area contributed by atoms with E-state index in [0.29, 0.717) is 27.0 Å². The molecular weight excluding hydrogens is 311 g/mol. The van der Waals surface area contributed by atoms with Crippen molar-refractivity contribution in [2.45, 2.75) is 0 Å². The van der Waals surface area contributed by atoms with Crippen molar-refractivity contribution >= 4 is 51.5 Å². The highest BCUT2D eigenvalue weighted by atomic mass is 35.5. The fourth-order valence-electron chi connectivity index (χ4n) is 1.94. The van der Waals surface area contributed by atoms with Crippen LogP contribution >= 0.6 is 23.2 Å². The molecule has 106 valence electrons. The first-order valence-electron chi connectivity index (χ1n) is 6.08. The van der Waals surface area contributed by atoms with Crippen LogP contribution in [0.5, 0.6) is 0 Å². The van der Waals surface area contributed by atoms with Gasteiger partial charge in [-0.3, -0.25) is 4.79 Å². The Morgan fingerprint density at radius 2 is 1.86 bits per heavy atom. The maximum Gasteiger partial charge on any atom is 0.291 e. The fourth-order valence-corrected chi connectivity index (χ4v) is 2.24. The number of nitrogens with one attached hydrogen (secondary N) is 1. The van der Waals surface area contributed by atoms with E-state index in [1.165, 1.54) is 0 Å². The van der Waals surface area contributed by atoms with Gasteiger partial charge in [0.1, 0.15) is 5.58 Å². The van der Waals surface area contributed by atoms with Crippen molar-refractivity contribution in [2.75, 3.05) is 11.1 Å². The van der Waals surface area contributed by atoms with E-state index in [-0.39, 0.29) is 11.7 Å². The van der Waals surface area contributed by atoms with Crippen molar-refractivity contribution in [1.82, 2.24) is 0 Å². The zero-order valence-electron chi connectivity index (χ0n) is 10.7. The minimum atomic E-state index is -0.372. The molecule has 0 saturated heterocycles. The number of hydrogen-bond donors (Lipinski definition) is 2. The van der Waals surface area contributed by atoms with Gasteiger partial charge >= 0.3 is 0 Å². The predicted octanol–water partition coefficient (Wildman–Crippen LogP) is 4.57. The van der Waals surface area contributed by atoms with Crippen LogP contribution in [-0.4, -0.2) is 5.91 Å². The number of nitrogens with two attached hydrogens (primary N) is 1. The molecule has 0 unspecified atom stereocenters. The second-order valence-corrected chi connectivity index (χ2v) is 5.31. The molecule has 1 heterocycles. The minimum Gasteiger partial charge on any atom is -0.451 e. The molecule has 3 N–H and O–H groups in total. The highest BCUT2D eigenvalue weighted by Crippen LogP contribution is 2.26. The lowest BCUT2D eigenvalue weighted by Crippen LogP contribution is -2.10. The molecule has 0 atom stereocenters. The number of benzene rings is 2. The van der Waals surface area contributed by atoms with Crippen molar-refractivity contribution in [1.29, 1.82) is 0 Å². The first-order valence-corrected chi connectivity index (χ1v) is 6.84. The van der Waals surface area contributed by atoms with Crippen LogP contribution < -0.4 is 11.1 Å². The van der Waals surface area contributed by atoms with Gasteiger partial charge in [-0.05, 0) is 42.5 Å². The quantitative estimate of drug-likeness (QED) is 0.679. The van der Waals surface area contributed by atoms with Gasteiger partial charge in [0.15, 0.2) is 5.76 Å². The van der Waals surface area contributed by atoms with E-state index in [2.05, 4.69) is 5.32 Å². The Hall–Kier alpha value is -2.17. The zero-order valence-corrected chi connectivity index (χ0v) is 12.2. The minimum absolute atomic E-state index is 0.196. The molecule has 4 nitrogen and oxygen atoms in total. The van der Waals surface area contributed by atoms with E-state index in [0.717, 1.165) is 5.39 Å². The van der Waals surface area contributed by atoms with Crippen LogP contribution in [0.4, 0.5) is 11.4 Å². The molecule has 1 amide bonds. The number of carbonyl (C=O) groups excluding carboxylic acids is 1. The first kappa shape index (κ1) is 13.8. The average molecular weight is 321 g/mol. The van der Waals surface area contributed by atoms with Gasteiger partial charge in [-0.1, -0.05) is 23.2 Å². The molecule has 0 aliphatic rings. The van der Waals surface area contributed by atoms with Crippen LogP contribution in [0, 0.1) is 0 Å². The summed E-state index contributed by atoms with van der Waals surface area (Å²) >= 11 is 11.7. The summed E-state index contributed by atoms with van der Waals surface area (Å²) in [6, 6.07) is 11.7. The van der Waals surface area contributed by atoms with E-state index in [1.807, 2.05) is 0 Å². The van der Waals surface area contributed by atoms with Crippen molar-refractivity contribution < 1.29 is 9.21 Å². The van der Waals surface area contributed by atoms with Crippen LogP contribution in [0.15, 0.2) is 46.9 Å². The number of amides is 1. The Morgan fingerprint density at radius 3 is 2.62 bits per heavy atom. The second-order valence-electron chi connectivity index (χ2n) is 4.49. The molecule has 0 aliphatic carbocycles. The number of fused-ring (bicyclic) bond motifs is 1. The summed E-state index contributed by atoms with van der Waals surface area (Å²) in [4.78, 5) is 12.2. The predicted molar refractivity (Wildman–Crippen MR) is 85.0 cm³/mol. The standard InChI is InChI=1S/C15H10Cl2N2O2/c16-11-3-2-10(7-12(11)17)19-15(20)14-6-8-5-9(18)1-4-13(8)21-14/h1-7H,18H2,(H,19,20). The Kier molecular flexibility index (Phi) is 3.49. The number of carbonyl (C=O) groups is 1. The Balaban J connectivity index is 1.87. The van der Waals surface area contributed by atoms with Gasteiger partial charge in [0, 0.05) is 16.8 Å². The lowest BCUT2D eigenvalue weighted by Gasteiger charge is -2.04. The summed E-state index contributed by atoms with van der Waals surface area (Å²) in [6.45, 7) is 0. The molecule has 6 heteroatoms.